The number of rotatable bonds is 7. The zero-order valence-corrected chi connectivity index (χ0v) is 14.6. The van der Waals surface area contributed by atoms with Crippen LogP contribution in [0.3, 0.4) is 0 Å². The summed E-state index contributed by atoms with van der Waals surface area (Å²) in [4.78, 5) is 14.6. The standard InChI is InChI=1S/C21H23NO3/c1-24-19-12-9-17(20(14-19)25-2)15-22(18-10-11-18)21(23)13-8-16-6-4-3-5-7-16/h3-9,12-14,18H,10-11,15H2,1-2H3. The maximum atomic E-state index is 12.7. The maximum Gasteiger partial charge on any atom is 0.247 e. The quantitative estimate of drug-likeness (QED) is 0.719. The highest BCUT2D eigenvalue weighted by Gasteiger charge is 2.32. The largest absolute Gasteiger partial charge is 0.497 e. The molecule has 1 aliphatic rings. The fourth-order valence-electron chi connectivity index (χ4n) is 2.77. The molecule has 0 bridgehead atoms. The molecule has 4 heteroatoms. The van der Waals surface area contributed by atoms with Gasteiger partial charge in [0.1, 0.15) is 11.5 Å². The van der Waals surface area contributed by atoms with Crippen molar-refractivity contribution in [2.45, 2.75) is 25.4 Å². The molecule has 0 radical (unpaired) electrons. The predicted molar refractivity (Wildman–Crippen MR) is 98.6 cm³/mol. The van der Waals surface area contributed by atoms with Gasteiger partial charge in [-0.3, -0.25) is 4.79 Å². The minimum Gasteiger partial charge on any atom is -0.497 e. The monoisotopic (exact) mass is 337 g/mol. The molecule has 1 fully saturated rings. The van der Waals surface area contributed by atoms with Crippen LogP contribution in [0.2, 0.25) is 0 Å². The third kappa shape index (κ3) is 4.41. The zero-order chi connectivity index (χ0) is 17.6. The highest BCUT2D eigenvalue weighted by atomic mass is 16.5. The molecular formula is C21H23NO3. The van der Waals surface area contributed by atoms with Crippen molar-refractivity contribution in [3.05, 3.63) is 65.7 Å². The molecular weight excluding hydrogens is 314 g/mol. The average Bonchev–Trinajstić information content (AvgIpc) is 3.50. The van der Waals surface area contributed by atoms with Crippen molar-refractivity contribution in [1.29, 1.82) is 0 Å². The third-order valence-electron chi connectivity index (χ3n) is 4.32. The summed E-state index contributed by atoms with van der Waals surface area (Å²) >= 11 is 0. The number of hydrogen-bond acceptors (Lipinski definition) is 3. The SMILES string of the molecule is COc1ccc(CN(C(=O)C=Cc2ccccc2)C2CC2)c(OC)c1. The van der Waals surface area contributed by atoms with E-state index in [1.807, 2.05) is 59.5 Å². The Balaban J connectivity index is 1.76. The average molecular weight is 337 g/mol. The second-order valence-corrected chi connectivity index (χ2v) is 6.12. The summed E-state index contributed by atoms with van der Waals surface area (Å²) in [6, 6.07) is 15.9. The van der Waals surface area contributed by atoms with Crippen molar-refractivity contribution in [1.82, 2.24) is 4.90 Å². The molecule has 1 saturated carbocycles. The molecule has 1 aliphatic carbocycles. The van der Waals surface area contributed by atoms with Gasteiger partial charge in [0.15, 0.2) is 0 Å². The van der Waals surface area contributed by atoms with E-state index in [0.29, 0.717) is 12.6 Å². The number of hydrogen-bond donors (Lipinski definition) is 0. The number of methoxy groups -OCH3 is 2. The summed E-state index contributed by atoms with van der Waals surface area (Å²) in [5.74, 6) is 1.52. The Kier molecular flexibility index (Phi) is 5.39. The summed E-state index contributed by atoms with van der Waals surface area (Å²) in [5, 5.41) is 0. The van der Waals surface area contributed by atoms with Crippen molar-refractivity contribution >= 4 is 12.0 Å². The predicted octanol–water partition coefficient (Wildman–Crippen LogP) is 3.91. The van der Waals surface area contributed by atoms with E-state index in [2.05, 4.69) is 0 Å². The summed E-state index contributed by atoms with van der Waals surface area (Å²) in [6.45, 7) is 0.537. The van der Waals surface area contributed by atoms with E-state index in [9.17, 15) is 4.79 Å². The van der Waals surface area contributed by atoms with Crippen molar-refractivity contribution in [2.75, 3.05) is 14.2 Å². The number of carbonyl (C=O) groups excluding carboxylic acids is 1. The smallest absolute Gasteiger partial charge is 0.247 e. The van der Waals surface area contributed by atoms with E-state index in [1.165, 1.54) is 0 Å². The highest BCUT2D eigenvalue weighted by Crippen LogP contribution is 2.32. The molecule has 0 N–H and O–H groups in total. The lowest BCUT2D eigenvalue weighted by atomic mass is 10.1. The van der Waals surface area contributed by atoms with Gasteiger partial charge in [0, 0.05) is 30.3 Å². The van der Waals surface area contributed by atoms with E-state index in [4.69, 9.17) is 9.47 Å². The van der Waals surface area contributed by atoms with Gasteiger partial charge in [-0.15, -0.1) is 0 Å². The van der Waals surface area contributed by atoms with E-state index in [1.54, 1.807) is 20.3 Å². The van der Waals surface area contributed by atoms with Gasteiger partial charge in [0.05, 0.1) is 14.2 Å². The fraction of sp³-hybridized carbons (Fsp3) is 0.286. The van der Waals surface area contributed by atoms with E-state index >= 15 is 0 Å². The zero-order valence-electron chi connectivity index (χ0n) is 14.6. The van der Waals surface area contributed by atoms with Crippen LogP contribution in [0.25, 0.3) is 6.08 Å². The van der Waals surface area contributed by atoms with Gasteiger partial charge >= 0.3 is 0 Å². The number of ether oxygens (including phenoxy) is 2. The molecule has 2 aromatic rings. The first-order chi connectivity index (χ1) is 12.2. The van der Waals surface area contributed by atoms with E-state index in [-0.39, 0.29) is 5.91 Å². The minimum absolute atomic E-state index is 0.0317. The molecule has 0 aliphatic heterocycles. The molecule has 0 unspecified atom stereocenters. The van der Waals surface area contributed by atoms with Crippen LogP contribution in [0.4, 0.5) is 0 Å². The van der Waals surface area contributed by atoms with Crippen LogP contribution in [0, 0.1) is 0 Å². The normalized spacial score (nSPS) is 13.7. The van der Waals surface area contributed by atoms with Crippen LogP contribution in [0.15, 0.2) is 54.6 Å². The van der Waals surface area contributed by atoms with Gasteiger partial charge in [-0.25, -0.2) is 0 Å². The summed E-state index contributed by atoms with van der Waals surface area (Å²) < 4.78 is 10.7. The Hall–Kier alpha value is -2.75. The molecule has 0 spiro atoms. The van der Waals surface area contributed by atoms with Crippen molar-refractivity contribution in [2.24, 2.45) is 0 Å². The Morgan fingerprint density at radius 3 is 2.52 bits per heavy atom. The van der Waals surface area contributed by atoms with Crippen LogP contribution in [-0.4, -0.2) is 31.1 Å². The van der Waals surface area contributed by atoms with Crippen LogP contribution in [0.1, 0.15) is 24.0 Å². The molecule has 0 heterocycles. The summed E-state index contributed by atoms with van der Waals surface area (Å²) in [6.07, 6.45) is 5.64. The molecule has 25 heavy (non-hydrogen) atoms. The molecule has 0 atom stereocenters. The number of carbonyl (C=O) groups is 1. The topological polar surface area (TPSA) is 38.8 Å². The van der Waals surface area contributed by atoms with E-state index in [0.717, 1.165) is 35.5 Å². The fourth-order valence-corrected chi connectivity index (χ4v) is 2.77. The number of amides is 1. The molecule has 2 aromatic carbocycles. The lowest BCUT2D eigenvalue weighted by Gasteiger charge is -2.22. The lowest BCUT2D eigenvalue weighted by Crippen LogP contribution is -2.31. The minimum atomic E-state index is 0.0317. The molecule has 130 valence electrons. The molecule has 0 saturated heterocycles. The first-order valence-corrected chi connectivity index (χ1v) is 8.46. The van der Waals surface area contributed by atoms with Gasteiger partial charge in [-0.1, -0.05) is 30.3 Å². The van der Waals surface area contributed by atoms with Crippen molar-refractivity contribution < 1.29 is 14.3 Å². The van der Waals surface area contributed by atoms with Gasteiger partial charge in [-0.05, 0) is 36.6 Å². The van der Waals surface area contributed by atoms with Crippen LogP contribution >= 0.6 is 0 Å². The van der Waals surface area contributed by atoms with Gasteiger partial charge < -0.3 is 14.4 Å². The van der Waals surface area contributed by atoms with Crippen molar-refractivity contribution in [3.63, 3.8) is 0 Å². The second-order valence-electron chi connectivity index (χ2n) is 6.12. The first-order valence-electron chi connectivity index (χ1n) is 8.46. The third-order valence-corrected chi connectivity index (χ3v) is 4.32. The molecule has 3 rings (SSSR count). The summed E-state index contributed by atoms with van der Waals surface area (Å²) in [7, 11) is 3.26. The lowest BCUT2D eigenvalue weighted by molar-refractivity contribution is -0.127. The highest BCUT2D eigenvalue weighted by molar-refractivity contribution is 5.92. The van der Waals surface area contributed by atoms with Gasteiger partial charge in [0.25, 0.3) is 0 Å². The van der Waals surface area contributed by atoms with Gasteiger partial charge in [0.2, 0.25) is 5.91 Å². The Labute approximate surface area is 148 Å². The van der Waals surface area contributed by atoms with Crippen LogP contribution in [-0.2, 0) is 11.3 Å². The van der Waals surface area contributed by atoms with Gasteiger partial charge in [-0.2, -0.15) is 0 Å². The van der Waals surface area contributed by atoms with Crippen LogP contribution in [0.5, 0.6) is 11.5 Å². The maximum absolute atomic E-state index is 12.7. The molecule has 0 aromatic heterocycles. The first kappa shape index (κ1) is 17.1. The van der Waals surface area contributed by atoms with Crippen LogP contribution < -0.4 is 9.47 Å². The molecule has 4 nitrogen and oxygen atoms in total. The Bertz CT molecular complexity index is 751. The Morgan fingerprint density at radius 1 is 1.12 bits per heavy atom. The Morgan fingerprint density at radius 2 is 1.88 bits per heavy atom. The van der Waals surface area contributed by atoms with E-state index < -0.39 is 0 Å². The number of benzene rings is 2. The van der Waals surface area contributed by atoms with Crippen molar-refractivity contribution in [3.8, 4) is 11.5 Å². The number of nitrogens with zero attached hydrogens (tertiary/aromatic N) is 1. The molecule has 1 amide bonds. The summed E-state index contributed by atoms with van der Waals surface area (Å²) in [5.41, 5.74) is 2.00. The second kappa shape index (κ2) is 7.88.